The highest BCUT2D eigenvalue weighted by Gasteiger charge is 2.34. The molecule has 1 atom stereocenters. The molecule has 0 radical (unpaired) electrons. The number of urea groups is 1. The number of ether oxygens (including phenoxy) is 1. The fraction of sp³-hybridized carbons (Fsp3) is 0.667. The molecule has 2 aromatic heterocycles. The van der Waals surface area contributed by atoms with Gasteiger partial charge in [-0.15, -0.1) is 15.3 Å². The molecule has 4 rings (SSSR count). The molecule has 2 aromatic rings. The molecule has 2 amide bonds. The minimum absolute atomic E-state index is 0.133. The number of hydrogen-bond donors (Lipinski definition) is 1. The number of rotatable bonds is 3. The SMILES string of the molecule is COc1nnc(NC(=O)N2CCn3c(C4CCCC4)nnc3C2C)s1. The van der Waals surface area contributed by atoms with Crippen LogP contribution in [0.1, 0.15) is 56.2 Å². The average molecular weight is 363 g/mol. The minimum atomic E-state index is -0.206. The highest BCUT2D eigenvalue weighted by molar-refractivity contribution is 7.17. The second-order valence-electron chi connectivity index (χ2n) is 6.43. The fourth-order valence-electron chi connectivity index (χ4n) is 3.68. The molecule has 25 heavy (non-hydrogen) atoms. The first-order valence-corrected chi connectivity index (χ1v) is 9.37. The molecule has 3 heterocycles. The quantitative estimate of drug-likeness (QED) is 0.899. The second kappa shape index (κ2) is 6.58. The normalized spacial score (nSPS) is 20.6. The summed E-state index contributed by atoms with van der Waals surface area (Å²) in [6.45, 7) is 3.33. The smallest absolute Gasteiger partial charge is 0.324 e. The standard InChI is InChI=1S/C15H21N7O2S/c1-9-11-17-18-12(10-5-3-4-6-10)22(11)8-7-21(9)14(23)16-13-19-20-15(24-2)25-13/h9-10H,3-8H2,1-2H3,(H,16,19,23). The molecule has 134 valence electrons. The van der Waals surface area contributed by atoms with Crippen LogP contribution < -0.4 is 10.1 Å². The van der Waals surface area contributed by atoms with Crippen LogP contribution in [0.4, 0.5) is 9.93 Å². The topological polar surface area (TPSA) is 98.1 Å². The zero-order valence-corrected chi connectivity index (χ0v) is 15.1. The molecular formula is C15H21N7O2S. The van der Waals surface area contributed by atoms with Gasteiger partial charge in [0.1, 0.15) is 5.82 Å². The van der Waals surface area contributed by atoms with Gasteiger partial charge in [-0.1, -0.05) is 17.9 Å². The molecule has 1 N–H and O–H groups in total. The van der Waals surface area contributed by atoms with Crippen LogP contribution in [0.15, 0.2) is 0 Å². The van der Waals surface area contributed by atoms with Crippen molar-refractivity contribution in [1.82, 2.24) is 29.9 Å². The van der Waals surface area contributed by atoms with E-state index in [9.17, 15) is 4.79 Å². The van der Waals surface area contributed by atoms with Crippen LogP contribution in [0, 0.1) is 0 Å². The first kappa shape index (κ1) is 16.2. The van der Waals surface area contributed by atoms with Gasteiger partial charge in [0.25, 0.3) is 5.19 Å². The monoisotopic (exact) mass is 363 g/mol. The predicted octanol–water partition coefficient (Wildman–Crippen LogP) is 2.40. The number of carbonyl (C=O) groups excluding carboxylic acids is 1. The first-order valence-electron chi connectivity index (χ1n) is 8.55. The number of fused-ring (bicyclic) bond motifs is 1. The van der Waals surface area contributed by atoms with Crippen LogP contribution in [0.2, 0.25) is 0 Å². The Morgan fingerprint density at radius 3 is 2.64 bits per heavy atom. The summed E-state index contributed by atoms with van der Waals surface area (Å²) < 4.78 is 7.21. The van der Waals surface area contributed by atoms with E-state index in [2.05, 4.69) is 30.3 Å². The molecule has 2 aliphatic rings. The largest absolute Gasteiger partial charge is 0.472 e. The minimum Gasteiger partial charge on any atom is -0.472 e. The Bertz CT molecular complexity index is 768. The summed E-state index contributed by atoms with van der Waals surface area (Å²) in [5, 5.41) is 20.2. The van der Waals surface area contributed by atoms with Crippen LogP contribution in [-0.4, -0.2) is 49.5 Å². The predicted molar refractivity (Wildman–Crippen MR) is 91.8 cm³/mol. The van der Waals surface area contributed by atoms with Gasteiger partial charge in [0.15, 0.2) is 5.82 Å². The number of amides is 2. The van der Waals surface area contributed by atoms with E-state index in [1.165, 1.54) is 44.1 Å². The van der Waals surface area contributed by atoms with Gasteiger partial charge in [-0.25, -0.2) is 4.79 Å². The number of carbonyl (C=O) groups is 1. The Morgan fingerprint density at radius 1 is 1.16 bits per heavy atom. The summed E-state index contributed by atoms with van der Waals surface area (Å²) in [5.41, 5.74) is 0. The molecular weight excluding hydrogens is 342 g/mol. The fourth-order valence-corrected chi connectivity index (χ4v) is 4.23. The van der Waals surface area contributed by atoms with Crippen molar-refractivity contribution in [3.63, 3.8) is 0 Å². The lowest BCUT2D eigenvalue weighted by molar-refractivity contribution is 0.171. The van der Waals surface area contributed by atoms with Gasteiger partial charge in [-0.05, 0) is 31.1 Å². The van der Waals surface area contributed by atoms with Gasteiger partial charge >= 0.3 is 6.03 Å². The number of nitrogens with zero attached hydrogens (tertiary/aromatic N) is 6. The molecule has 0 aromatic carbocycles. The Morgan fingerprint density at radius 2 is 1.92 bits per heavy atom. The molecule has 10 heteroatoms. The van der Waals surface area contributed by atoms with Crippen molar-refractivity contribution in [2.75, 3.05) is 19.0 Å². The molecule has 1 fully saturated rings. The zero-order chi connectivity index (χ0) is 17.4. The molecule has 0 saturated heterocycles. The molecule has 9 nitrogen and oxygen atoms in total. The highest BCUT2D eigenvalue weighted by Crippen LogP contribution is 2.35. The van der Waals surface area contributed by atoms with Gasteiger partial charge in [0.05, 0.1) is 13.2 Å². The molecule has 1 aliphatic heterocycles. The molecule has 1 aliphatic carbocycles. The summed E-state index contributed by atoms with van der Waals surface area (Å²) in [6, 6.07) is -0.339. The third-order valence-corrected chi connectivity index (χ3v) is 5.79. The van der Waals surface area contributed by atoms with Gasteiger partial charge < -0.3 is 14.2 Å². The summed E-state index contributed by atoms with van der Waals surface area (Å²) in [4.78, 5) is 14.4. The van der Waals surface area contributed by atoms with Crippen molar-refractivity contribution in [1.29, 1.82) is 0 Å². The molecule has 0 bridgehead atoms. The maximum absolute atomic E-state index is 12.6. The molecule has 1 unspecified atom stereocenters. The van der Waals surface area contributed by atoms with Gasteiger partial charge in [-0.3, -0.25) is 5.32 Å². The average Bonchev–Trinajstić information content (AvgIpc) is 3.35. The number of hydrogen-bond acceptors (Lipinski definition) is 7. The van der Waals surface area contributed by atoms with Crippen LogP contribution in [0.3, 0.4) is 0 Å². The van der Waals surface area contributed by atoms with E-state index < -0.39 is 0 Å². The van der Waals surface area contributed by atoms with E-state index in [0.717, 1.165) is 18.2 Å². The van der Waals surface area contributed by atoms with Crippen molar-refractivity contribution < 1.29 is 9.53 Å². The summed E-state index contributed by atoms with van der Waals surface area (Å²) >= 11 is 1.20. The van der Waals surface area contributed by atoms with E-state index in [0.29, 0.717) is 22.8 Å². The lowest BCUT2D eigenvalue weighted by atomic mass is 10.1. The van der Waals surface area contributed by atoms with E-state index in [1.807, 2.05) is 6.92 Å². The van der Waals surface area contributed by atoms with Gasteiger partial charge in [-0.2, -0.15) is 0 Å². The van der Waals surface area contributed by atoms with Crippen molar-refractivity contribution in [3.05, 3.63) is 11.6 Å². The lowest BCUT2D eigenvalue weighted by Crippen LogP contribution is -2.43. The Hall–Kier alpha value is -2.23. The second-order valence-corrected chi connectivity index (χ2v) is 7.37. The van der Waals surface area contributed by atoms with Crippen LogP contribution in [0.25, 0.3) is 0 Å². The number of anilines is 1. The maximum Gasteiger partial charge on any atom is 0.324 e. The summed E-state index contributed by atoms with van der Waals surface area (Å²) in [7, 11) is 1.52. The zero-order valence-electron chi connectivity index (χ0n) is 14.3. The third-order valence-electron chi connectivity index (χ3n) is 4.99. The van der Waals surface area contributed by atoms with Crippen molar-refractivity contribution in [2.45, 2.75) is 51.1 Å². The van der Waals surface area contributed by atoms with E-state index in [1.54, 1.807) is 4.90 Å². The number of methoxy groups -OCH3 is 1. The van der Waals surface area contributed by atoms with Crippen molar-refractivity contribution >= 4 is 22.5 Å². The number of nitrogens with one attached hydrogen (secondary N) is 1. The van der Waals surface area contributed by atoms with Crippen molar-refractivity contribution in [3.8, 4) is 5.19 Å². The lowest BCUT2D eigenvalue weighted by Gasteiger charge is -2.33. The maximum atomic E-state index is 12.6. The van der Waals surface area contributed by atoms with E-state index >= 15 is 0 Å². The molecule has 1 saturated carbocycles. The Kier molecular flexibility index (Phi) is 4.28. The van der Waals surface area contributed by atoms with E-state index in [4.69, 9.17) is 4.74 Å². The van der Waals surface area contributed by atoms with E-state index in [-0.39, 0.29) is 12.1 Å². The van der Waals surface area contributed by atoms with Crippen LogP contribution in [-0.2, 0) is 6.54 Å². The Labute approximate surface area is 149 Å². The summed E-state index contributed by atoms with van der Waals surface area (Å²) in [5.74, 6) is 2.47. The van der Waals surface area contributed by atoms with Gasteiger partial charge in [0, 0.05) is 19.0 Å². The van der Waals surface area contributed by atoms with Crippen molar-refractivity contribution in [2.24, 2.45) is 0 Å². The highest BCUT2D eigenvalue weighted by atomic mass is 32.1. The van der Waals surface area contributed by atoms with Crippen LogP contribution in [0.5, 0.6) is 5.19 Å². The van der Waals surface area contributed by atoms with Crippen LogP contribution >= 0.6 is 11.3 Å². The summed E-state index contributed by atoms with van der Waals surface area (Å²) in [6.07, 6.45) is 4.91. The number of aromatic nitrogens is 5. The van der Waals surface area contributed by atoms with Gasteiger partial charge in [0.2, 0.25) is 5.13 Å². The molecule has 0 spiro atoms. The third kappa shape index (κ3) is 2.94. The first-order chi connectivity index (χ1) is 12.2. The Balaban J connectivity index is 1.49.